The van der Waals surface area contributed by atoms with E-state index in [1.165, 1.54) is 0 Å². The van der Waals surface area contributed by atoms with Crippen molar-refractivity contribution in [2.24, 2.45) is 0 Å². The van der Waals surface area contributed by atoms with Crippen LogP contribution in [0.15, 0.2) is 0 Å². The van der Waals surface area contributed by atoms with Crippen molar-refractivity contribution in [1.29, 1.82) is 0 Å². The maximum atomic E-state index is 11.2. The molecule has 0 saturated heterocycles. The highest BCUT2D eigenvalue weighted by molar-refractivity contribution is 5.75. The molecule has 0 aromatic carbocycles. The Morgan fingerprint density at radius 3 is 2.58 bits per heavy atom. The second kappa shape index (κ2) is 7.10. The lowest BCUT2D eigenvalue weighted by Crippen LogP contribution is -2.35. The molecule has 0 spiro atoms. The second-order valence-corrected chi connectivity index (χ2v) is 2.74. The fourth-order valence-electron chi connectivity index (χ4n) is 1.03. The quantitative estimate of drug-likeness (QED) is 0.616. The number of esters is 1. The molecule has 0 rings (SSSR count). The highest BCUT2D eigenvalue weighted by Gasteiger charge is 2.15. The average Bonchev–Trinajstić information content (AvgIpc) is 2.06. The smallest absolute Gasteiger partial charge is 0.323 e. The van der Waals surface area contributed by atoms with E-state index in [0.717, 1.165) is 19.3 Å². The molecule has 0 radical (unpaired) electrons. The number of unbranched alkanes of at least 4 members (excludes halogenated alkanes) is 1. The molecular weight excluding hydrogens is 154 g/mol. The van der Waals surface area contributed by atoms with Crippen LogP contribution in [0.25, 0.3) is 0 Å². The number of likely N-dealkylation sites (N-methyl/N-ethyl adjacent to an activating group) is 1. The fraction of sp³-hybridized carbons (Fsp3) is 0.889. The molecule has 12 heavy (non-hydrogen) atoms. The average molecular weight is 173 g/mol. The van der Waals surface area contributed by atoms with Crippen molar-refractivity contribution >= 4 is 5.97 Å². The molecular formula is C9H19NO2. The number of hydrogen-bond acceptors (Lipinski definition) is 3. The van der Waals surface area contributed by atoms with Crippen molar-refractivity contribution in [1.82, 2.24) is 5.32 Å². The summed E-state index contributed by atoms with van der Waals surface area (Å²) in [5, 5.41) is 2.95. The van der Waals surface area contributed by atoms with Crippen molar-refractivity contribution in [2.75, 3.05) is 13.7 Å². The van der Waals surface area contributed by atoms with E-state index in [9.17, 15) is 4.79 Å². The fourth-order valence-corrected chi connectivity index (χ4v) is 1.03. The van der Waals surface area contributed by atoms with E-state index in [1.54, 1.807) is 7.05 Å². The predicted octanol–water partition coefficient (Wildman–Crippen LogP) is 1.33. The number of hydrogen-bond donors (Lipinski definition) is 1. The van der Waals surface area contributed by atoms with Gasteiger partial charge in [-0.1, -0.05) is 19.8 Å². The standard InChI is InChI=1S/C9H19NO2/c1-4-6-7-8(10-3)9(11)12-5-2/h8,10H,4-7H2,1-3H3. The van der Waals surface area contributed by atoms with Crippen molar-refractivity contribution < 1.29 is 9.53 Å². The molecule has 1 N–H and O–H groups in total. The van der Waals surface area contributed by atoms with E-state index in [-0.39, 0.29) is 12.0 Å². The van der Waals surface area contributed by atoms with Gasteiger partial charge < -0.3 is 10.1 Å². The van der Waals surface area contributed by atoms with Gasteiger partial charge in [0.25, 0.3) is 0 Å². The first-order chi connectivity index (χ1) is 5.76. The van der Waals surface area contributed by atoms with Gasteiger partial charge in [-0.15, -0.1) is 0 Å². The Morgan fingerprint density at radius 2 is 2.17 bits per heavy atom. The van der Waals surface area contributed by atoms with Gasteiger partial charge in [-0.2, -0.15) is 0 Å². The molecule has 0 aromatic heterocycles. The number of rotatable bonds is 6. The van der Waals surface area contributed by atoms with E-state index in [0.29, 0.717) is 6.61 Å². The monoisotopic (exact) mass is 173 g/mol. The molecule has 0 aliphatic heterocycles. The van der Waals surface area contributed by atoms with E-state index < -0.39 is 0 Å². The summed E-state index contributed by atoms with van der Waals surface area (Å²) in [6.07, 6.45) is 3.04. The molecule has 0 fully saturated rings. The zero-order valence-electron chi connectivity index (χ0n) is 8.22. The summed E-state index contributed by atoms with van der Waals surface area (Å²) < 4.78 is 4.89. The third-order valence-electron chi connectivity index (χ3n) is 1.77. The summed E-state index contributed by atoms with van der Waals surface area (Å²) in [5.41, 5.74) is 0. The van der Waals surface area contributed by atoms with Gasteiger partial charge >= 0.3 is 5.97 Å². The summed E-state index contributed by atoms with van der Waals surface area (Å²) in [6, 6.07) is -0.120. The Morgan fingerprint density at radius 1 is 1.50 bits per heavy atom. The lowest BCUT2D eigenvalue weighted by atomic mass is 10.1. The van der Waals surface area contributed by atoms with Gasteiger partial charge in [-0.05, 0) is 20.4 Å². The molecule has 0 aliphatic rings. The molecule has 1 unspecified atom stereocenters. The van der Waals surface area contributed by atoms with Crippen molar-refractivity contribution in [3.05, 3.63) is 0 Å². The summed E-state index contributed by atoms with van der Waals surface area (Å²) in [4.78, 5) is 11.2. The molecule has 0 amide bonds. The van der Waals surface area contributed by atoms with Gasteiger partial charge in [-0.25, -0.2) is 0 Å². The van der Waals surface area contributed by atoms with Crippen molar-refractivity contribution in [2.45, 2.75) is 39.2 Å². The number of carbonyl (C=O) groups excluding carboxylic acids is 1. The minimum atomic E-state index is -0.131. The first-order valence-corrected chi connectivity index (χ1v) is 4.60. The zero-order valence-corrected chi connectivity index (χ0v) is 8.22. The normalized spacial score (nSPS) is 12.6. The van der Waals surface area contributed by atoms with Crippen molar-refractivity contribution in [3.8, 4) is 0 Å². The topological polar surface area (TPSA) is 38.3 Å². The molecule has 3 heteroatoms. The Balaban J connectivity index is 3.71. The largest absolute Gasteiger partial charge is 0.465 e. The molecule has 0 aliphatic carbocycles. The van der Waals surface area contributed by atoms with E-state index in [1.807, 2.05) is 6.92 Å². The lowest BCUT2D eigenvalue weighted by molar-refractivity contribution is -0.145. The second-order valence-electron chi connectivity index (χ2n) is 2.74. The molecule has 3 nitrogen and oxygen atoms in total. The van der Waals surface area contributed by atoms with Crippen LogP contribution < -0.4 is 5.32 Å². The molecule has 72 valence electrons. The third kappa shape index (κ3) is 4.34. The van der Waals surface area contributed by atoms with Gasteiger partial charge in [0.05, 0.1) is 6.61 Å². The van der Waals surface area contributed by atoms with E-state index in [4.69, 9.17) is 4.74 Å². The van der Waals surface area contributed by atoms with Gasteiger partial charge in [0.2, 0.25) is 0 Å². The van der Waals surface area contributed by atoms with Crippen LogP contribution in [0.1, 0.15) is 33.1 Å². The van der Waals surface area contributed by atoms with Crippen LogP contribution in [0.4, 0.5) is 0 Å². The van der Waals surface area contributed by atoms with Crippen LogP contribution in [0.2, 0.25) is 0 Å². The van der Waals surface area contributed by atoms with Gasteiger partial charge in [0, 0.05) is 0 Å². The van der Waals surface area contributed by atoms with E-state index >= 15 is 0 Å². The minimum absolute atomic E-state index is 0.120. The van der Waals surface area contributed by atoms with Gasteiger partial charge in [0.15, 0.2) is 0 Å². The van der Waals surface area contributed by atoms with Gasteiger partial charge in [-0.3, -0.25) is 4.79 Å². The van der Waals surface area contributed by atoms with Crippen molar-refractivity contribution in [3.63, 3.8) is 0 Å². The Kier molecular flexibility index (Phi) is 6.76. The van der Waals surface area contributed by atoms with Crippen LogP contribution in [0.3, 0.4) is 0 Å². The van der Waals surface area contributed by atoms with E-state index in [2.05, 4.69) is 12.2 Å². The van der Waals surface area contributed by atoms with Crippen LogP contribution in [-0.4, -0.2) is 25.7 Å². The summed E-state index contributed by atoms with van der Waals surface area (Å²) in [7, 11) is 1.79. The van der Waals surface area contributed by atoms with Gasteiger partial charge in [0.1, 0.15) is 6.04 Å². The predicted molar refractivity (Wildman–Crippen MR) is 49.0 cm³/mol. The lowest BCUT2D eigenvalue weighted by Gasteiger charge is -2.13. The van der Waals surface area contributed by atoms with Crippen LogP contribution in [0.5, 0.6) is 0 Å². The minimum Gasteiger partial charge on any atom is -0.465 e. The maximum absolute atomic E-state index is 11.2. The SMILES string of the molecule is CCCCC(NC)C(=O)OCC. The molecule has 0 bridgehead atoms. The summed E-state index contributed by atoms with van der Waals surface area (Å²) in [6.45, 7) is 4.39. The first-order valence-electron chi connectivity index (χ1n) is 4.60. The summed E-state index contributed by atoms with van der Waals surface area (Å²) in [5.74, 6) is -0.131. The highest BCUT2D eigenvalue weighted by Crippen LogP contribution is 2.01. The Hall–Kier alpha value is -0.570. The molecule has 0 heterocycles. The highest BCUT2D eigenvalue weighted by atomic mass is 16.5. The van der Waals surface area contributed by atoms with Crippen LogP contribution in [-0.2, 0) is 9.53 Å². The summed E-state index contributed by atoms with van der Waals surface area (Å²) >= 11 is 0. The zero-order chi connectivity index (χ0) is 9.40. The first kappa shape index (κ1) is 11.4. The number of nitrogens with one attached hydrogen (secondary N) is 1. The number of ether oxygens (including phenoxy) is 1. The van der Waals surface area contributed by atoms with Crippen LogP contribution >= 0.6 is 0 Å². The molecule has 1 atom stereocenters. The molecule has 0 aromatic rings. The third-order valence-corrected chi connectivity index (χ3v) is 1.77. The Bertz CT molecular complexity index is 126. The van der Waals surface area contributed by atoms with Crippen LogP contribution in [0, 0.1) is 0 Å². The molecule has 0 saturated carbocycles. The number of carbonyl (C=O) groups is 1. The maximum Gasteiger partial charge on any atom is 0.323 e. The Labute approximate surface area is 74.5 Å².